The fourth-order valence-corrected chi connectivity index (χ4v) is 15.1. The van der Waals surface area contributed by atoms with E-state index in [-0.39, 0.29) is 0 Å². The molecule has 0 nitrogen and oxygen atoms in total. The van der Waals surface area contributed by atoms with Crippen LogP contribution in [0.1, 0.15) is 89.9 Å². The lowest BCUT2D eigenvalue weighted by Crippen LogP contribution is -2.26. The van der Waals surface area contributed by atoms with Crippen molar-refractivity contribution in [1.82, 2.24) is 0 Å². The summed E-state index contributed by atoms with van der Waals surface area (Å²) in [4.78, 5) is 0. The summed E-state index contributed by atoms with van der Waals surface area (Å²) in [7, 11) is 0.862. The molecule has 22 heavy (non-hydrogen) atoms. The SMILES string of the molecule is C1CCC([P@]2CCC[C@@H]2[C@H]2CCC[P@@]2C2CCCCC2)CC1. The Morgan fingerprint density at radius 2 is 0.818 bits per heavy atom. The van der Waals surface area contributed by atoms with E-state index in [1.54, 1.807) is 102 Å². The van der Waals surface area contributed by atoms with E-state index in [1.165, 1.54) is 22.6 Å². The minimum Gasteiger partial charge on any atom is -0.0997 e. The van der Waals surface area contributed by atoms with E-state index in [2.05, 4.69) is 0 Å². The average molecular weight is 338 g/mol. The summed E-state index contributed by atoms with van der Waals surface area (Å²) in [6.45, 7) is 0. The molecule has 0 spiro atoms. The molecule has 0 N–H and O–H groups in total. The highest BCUT2D eigenvalue weighted by molar-refractivity contribution is 7.64. The summed E-state index contributed by atoms with van der Waals surface area (Å²) in [5, 5.41) is 0. The maximum absolute atomic E-state index is 1.68. The first-order valence-corrected chi connectivity index (χ1v) is 13.8. The molecule has 4 rings (SSSR count). The molecule has 0 unspecified atom stereocenters. The van der Waals surface area contributed by atoms with Crippen LogP contribution in [0.15, 0.2) is 0 Å². The minimum atomic E-state index is 0.431. The van der Waals surface area contributed by atoms with Gasteiger partial charge < -0.3 is 0 Å². The second-order valence-corrected chi connectivity index (χ2v) is 14.2. The zero-order valence-corrected chi connectivity index (χ0v) is 16.3. The van der Waals surface area contributed by atoms with Crippen molar-refractivity contribution in [3.63, 3.8) is 0 Å². The molecule has 0 radical (unpaired) electrons. The average Bonchev–Trinajstić information content (AvgIpc) is 3.25. The fraction of sp³-hybridized carbons (Fsp3) is 1.00. The van der Waals surface area contributed by atoms with Crippen molar-refractivity contribution < 1.29 is 0 Å². The largest absolute Gasteiger partial charge is 0.0997 e. The summed E-state index contributed by atoms with van der Waals surface area (Å²) in [5.41, 5.74) is 4.90. The molecule has 4 aliphatic rings. The number of hydrogen-bond acceptors (Lipinski definition) is 0. The van der Waals surface area contributed by atoms with Gasteiger partial charge in [-0.05, 0) is 86.3 Å². The Balaban J connectivity index is 1.44. The first-order chi connectivity index (χ1) is 10.9. The maximum atomic E-state index is 1.68. The van der Waals surface area contributed by atoms with Gasteiger partial charge in [0.1, 0.15) is 0 Å². The molecule has 126 valence electrons. The topological polar surface area (TPSA) is 0 Å². The highest BCUT2D eigenvalue weighted by atomic mass is 31.1. The molecule has 2 aliphatic heterocycles. The van der Waals surface area contributed by atoms with E-state index >= 15 is 0 Å². The summed E-state index contributed by atoms with van der Waals surface area (Å²) >= 11 is 0. The quantitative estimate of drug-likeness (QED) is 0.489. The van der Waals surface area contributed by atoms with Crippen molar-refractivity contribution in [2.24, 2.45) is 0 Å². The third-order valence-corrected chi connectivity index (χ3v) is 15.0. The molecule has 0 aromatic rings. The molecule has 2 aliphatic carbocycles. The van der Waals surface area contributed by atoms with Crippen molar-refractivity contribution in [1.29, 1.82) is 0 Å². The standard InChI is InChI=1S/C20H36P2/c1-3-9-17(10-4-1)21-15-7-13-19(21)20-14-8-16-22(20)18-11-5-2-6-12-18/h17-20H,1-16H2/t19-,20-,21+,22+/m1/s1. The van der Waals surface area contributed by atoms with Gasteiger partial charge in [0.15, 0.2) is 0 Å². The van der Waals surface area contributed by atoms with E-state index in [4.69, 9.17) is 0 Å². The second kappa shape index (κ2) is 7.83. The minimum absolute atomic E-state index is 0.431. The van der Waals surface area contributed by atoms with Gasteiger partial charge in [-0.15, -0.1) is 0 Å². The Labute approximate surface area is 141 Å². The van der Waals surface area contributed by atoms with Crippen LogP contribution in [-0.2, 0) is 0 Å². The molecular formula is C20H36P2. The third-order valence-electron chi connectivity index (χ3n) is 7.22. The molecule has 2 heterocycles. The zero-order valence-electron chi connectivity index (χ0n) is 14.5. The predicted molar refractivity (Wildman–Crippen MR) is 103 cm³/mol. The molecule has 0 bridgehead atoms. The number of rotatable bonds is 3. The fourth-order valence-electron chi connectivity index (χ4n) is 6.19. The van der Waals surface area contributed by atoms with Gasteiger partial charge in [-0.25, -0.2) is 0 Å². The van der Waals surface area contributed by atoms with Crippen molar-refractivity contribution >= 4 is 15.8 Å². The van der Waals surface area contributed by atoms with Crippen molar-refractivity contribution in [3.05, 3.63) is 0 Å². The van der Waals surface area contributed by atoms with Crippen molar-refractivity contribution in [2.75, 3.05) is 12.3 Å². The molecule has 0 aromatic heterocycles. The van der Waals surface area contributed by atoms with Crippen LogP contribution in [0.25, 0.3) is 0 Å². The van der Waals surface area contributed by atoms with Crippen LogP contribution in [0.2, 0.25) is 0 Å². The number of hydrogen-bond donors (Lipinski definition) is 0. The van der Waals surface area contributed by atoms with Crippen LogP contribution in [0.3, 0.4) is 0 Å². The highest BCUT2D eigenvalue weighted by Crippen LogP contribution is 2.68. The van der Waals surface area contributed by atoms with Gasteiger partial charge in [-0.1, -0.05) is 54.4 Å². The van der Waals surface area contributed by atoms with Crippen LogP contribution in [0.5, 0.6) is 0 Å². The zero-order chi connectivity index (χ0) is 14.8. The first-order valence-electron chi connectivity index (χ1n) is 10.4. The van der Waals surface area contributed by atoms with Crippen molar-refractivity contribution in [2.45, 2.75) is 113 Å². The van der Waals surface area contributed by atoms with Gasteiger partial charge in [0.25, 0.3) is 0 Å². The van der Waals surface area contributed by atoms with Crippen LogP contribution in [0, 0.1) is 0 Å². The Bertz CT molecular complexity index is 310. The van der Waals surface area contributed by atoms with Gasteiger partial charge in [-0.2, -0.15) is 0 Å². The summed E-state index contributed by atoms with van der Waals surface area (Å²) in [6.07, 6.45) is 25.7. The van der Waals surface area contributed by atoms with Gasteiger partial charge in [-0.3, -0.25) is 0 Å². The van der Waals surface area contributed by atoms with E-state index < -0.39 is 0 Å². The summed E-state index contributed by atoms with van der Waals surface area (Å²) < 4.78 is 0. The highest BCUT2D eigenvalue weighted by Gasteiger charge is 2.44. The molecular weight excluding hydrogens is 302 g/mol. The molecule has 4 atom stereocenters. The van der Waals surface area contributed by atoms with Crippen LogP contribution >= 0.6 is 15.8 Å². The van der Waals surface area contributed by atoms with Gasteiger partial charge in [0, 0.05) is 0 Å². The Hall–Kier alpha value is 0.860. The Morgan fingerprint density at radius 3 is 1.23 bits per heavy atom. The van der Waals surface area contributed by atoms with Crippen LogP contribution in [-0.4, -0.2) is 35.0 Å². The smallest absolute Gasteiger partial charge is 0.0139 e. The lowest BCUT2D eigenvalue weighted by Gasteiger charge is -2.40. The monoisotopic (exact) mass is 338 g/mol. The molecule has 2 heteroatoms. The van der Waals surface area contributed by atoms with Gasteiger partial charge in [0.05, 0.1) is 0 Å². The van der Waals surface area contributed by atoms with E-state index in [0.717, 1.165) is 0 Å². The van der Waals surface area contributed by atoms with Gasteiger partial charge in [0.2, 0.25) is 0 Å². The lowest BCUT2D eigenvalue weighted by molar-refractivity contribution is 0.505. The lowest BCUT2D eigenvalue weighted by atomic mass is 10.0. The summed E-state index contributed by atoms with van der Waals surface area (Å²) in [6, 6.07) is 0. The Morgan fingerprint density at radius 1 is 0.409 bits per heavy atom. The summed E-state index contributed by atoms with van der Waals surface area (Å²) in [5.74, 6) is 0. The normalized spacial score (nSPS) is 42.0. The Kier molecular flexibility index (Phi) is 5.81. The molecule has 2 saturated heterocycles. The van der Waals surface area contributed by atoms with E-state index in [0.29, 0.717) is 15.8 Å². The third kappa shape index (κ3) is 3.45. The van der Waals surface area contributed by atoms with Gasteiger partial charge >= 0.3 is 0 Å². The van der Waals surface area contributed by atoms with E-state index in [1.807, 2.05) is 0 Å². The molecule has 0 aromatic carbocycles. The maximum Gasteiger partial charge on any atom is -0.0139 e. The van der Waals surface area contributed by atoms with Crippen molar-refractivity contribution in [3.8, 4) is 0 Å². The van der Waals surface area contributed by atoms with E-state index in [9.17, 15) is 0 Å². The predicted octanol–water partition coefficient (Wildman–Crippen LogP) is 6.94. The molecule has 0 amide bonds. The van der Waals surface area contributed by atoms with Crippen LogP contribution in [0.4, 0.5) is 0 Å². The van der Waals surface area contributed by atoms with Crippen LogP contribution < -0.4 is 0 Å². The second-order valence-electron chi connectivity index (χ2n) is 8.48. The molecule has 4 fully saturated rings. The molecule has 2 saturated carbocycles. The first kappa shape index (κ1) is 16.3.